The third-order valence-electron chi connectivity index (χ3n) is 9.22. The van der Waals surface area contributed by atoms with Gasteiger partial charge in [0.1, 0.15) is 11.2 Å². The van der Waals surface area contributed by atoms with Crippen molar-refractivity contribution >= 4 is 49.5 Å². The molecule has 4 aromatic carbocycles. The third kappa shape index (κ3) is 17.2. The molecule has 2 fully saturated rings. The van der Waals surface area contributed by atoms with Crippen LogP contribution in [0.3, 0.4) is 0 Å². The molecule has 2 heterocycles. The van der Waals surface area contributed by atoms with E-state index in [2.05, 4.69) is 48.5 Å². The van der Waals surface area contributed by atoms with Gasteiger partial charge in [0.2, 0.25) is 0 Å². The Balaban J connectivity index is 0.000000234. The van der Waals surface area contributed by atoms with Crippen molar-refractivity contribution in [2.45, 2.75) is 142 Å². The van der Waals surface area contributed by atoms with Crippen LogP contribution in [0.4, 0.5) is 0 Å². The fourth-order valence-corrected chi connectivity index (χ4v) is 10.8. The summed E-state index contributed by atoms with van der Waals surface area (Å²) >= 11 is 0. The molecule has 12 heteroatoms. The number of carbonyl (C=O) groups is 2. The van der Waals surface area contributed by atoms with Gasteiger partial charge in [0.05, 0.1) is 66.8 Å². The van der Waals surface area contributed by atoms with Gasteiger partial charge < -0.3 is 37.5 Å². The Hall–Kier alpha value is -3.56. The molecule has 0 amide bonds. The molecule has 10 nitrogen and oxygen atoms in total. The van der Waals surface area contributed by atoms with Crippen molar-refractivity contribution in [2.75, 3.05) is 13.2 Å². The Bertz CT molecular complexity index is 1730. The molecule has 0 spiro atoms. The fraction of sp³-hybridized carbons (Fsp3) is 0.480. The summed E-state index contributed by atoms with van der Waals surface area (Å²) in [6.45, 7) is 19.5. The highest BCUT2D eigenvalue weighted by molar-refractivity contribution is 7.68. The van der Waals surface area contributed by atoms with Crippen molar-refractivity contribution < 1.29 is 47.1 Å². The van der Waals surface area contributed by atoms with Gasteiger partial charge in [0.15, 0.2) is 11.6 Å². The van der Waals surface area contributed by atoms with E-state index < -0.39 is 39.1 Å². The molecule has 62 heavy (non-hydrogen) atoms. The van der Waals surface area contributed by atoms with Crippen molar-refractivity contribution in [1.82, 2.24) is 0 Å². The molecule has 336 valence electrons. The predicted molar refractivity (Wildman–Crippen MR) is 248 cm³/mol. The smallest absolute Gasteiger partial charge is 0.308 e. The van der Waals surface area contributed by atoms with Crippen LogP contribution in [-0.4, -0.2) is 72.3 Å². The van der Waals surface area contributed by atoms with Crippen molar-refractivity contribution in [3.05, 3.63) is 121 Å². The molecular formula is C50H66O10P2. The van der Waals surface area contributed by atoms with E-state index in [1.54, 1.807) is 0 Å². The highest BCUT2D eigenvalue weighted by Gasteiger charge is 2.39. The Labute approximate surface area is 371 Å². The third-order valence-corrected chi connectivity index (χ3v) is 13.1. The minimum Gasteiger partial charge on any atom is -0.460 e. The van der Waals surface area contributed by atoms with Crippen LogP contribution in [0.2, 0.25) is 0 Å². The van der Waals surface area contributed by atoms with Crippen LogP contribution >= 0.6 is 16.3 Å². The fourth-order valence-electron chi connectivity index (χ4n) is 7.20. The summed E-state index contributed by atoms with van der Waals surface area (Å²) in [5.41, 5.74) is -1.02. The predicted octanol–water partition coefficient (Wildman–Crippen LogP) is 9.39. The summed E-state index contributed by atoms with van der Waals surface area (Å²) in [6.07, 6.45) is 0.672. The van der Waals surface area contributed by atoms with Gasteiger partial charge in [-0.05, 0) is 69.2 Å². The van der Waals surface area contributed by atoms with E-state index in [0.717, 1.165) is 21.2 Å². The zero-order valence-corrected chi connectivity index (χ0v) is 39.9. The van der Waals surface area contributed by atoms with E-state index >= 15 is 0 Å². The summed E-state index contributed by atoms with van der Waals surface area (Å²) in [5.74, 6) is -2.10. The lowest BCUT2D eigenvalue weighted by atomic mass is 10.1. The standard InChI is InChI=1S/2C25H33O5P/c2*1-24(2,3)30-23(26)17-19-16-20(29-25(4,5)28-19)18-27-31(21-12-8-6-9-13-21)22-14-10-7-11-15-22/h2*6-15,19-20H,16-18H2,1-5H3/t2*19-,20+/m11/s1. The van der Waals surface area contributed by atoms with Gasteiger partial charge in [-0.3, -0.25) is 9.59 Å². The van der Waals surface area contributed by atoms with Crippen LogP contribution < -0.4 is 21.2 Å². The van der Waals surface area contributed by atoms with Gasteiger partial charge in [-0.2, -0.15) is 0 Å². The Kier molecular flexibility index (Phi) is 17.8. The molecule has 0 aromatic heterocycles. The molecule has 0 unspecified atom stereocenters. The molecule has 4 aromatic rings. The van der Waals surface area contributed by atoms with Crippen LogP contribution in [0.1, 0.15) is 94.9 Å². The quantitative estimate of drug-likeness (QED) is 0.0898. The first kappa shape index (κ1) is 49.5. The van der Waals surface area contributed by atoms with Crippen molar-refractivity contribution in [3.8, 4) is 0 Å². The average Bonchev–Trinajstić information content (AvgIpc) is 3.17. The maximum absolute atomic E-state index is 12.3. The number of hydrogen-bond acceptors (Lipinski definition) is 10. The monoisotopic (exact) mass is 888 g/mol. The second-order valence-corrected chi connectivity index (χ2v) is 22.1. The second-order valence-electron chi connectivity index (χ2n) is 18.3. The molecule has 0 aliphatic carbocycles. The normalized spacial score (nSPS) is 21.1. The average molecular weight is 889 g/mol. The topological polar surface area (TPSA) is 108 Å². The molecule has 2 saturated heterocycles. The van der Waals surface area contributed by atoms with Crippen LogP contribution in [-0.2, 0) is 47.1 Å². The van der Waals surface area contributed by atoms with Crippen LogP contribution in [0.15, 0.2) is 121 Å². The number of esters is 2. The Morgan fingerprint density at radius 1 is 0.484 bits per heavy atom. The molecule has 0 N–H and O–H groups in total. The van der Waals surface area contributed by atoms with E-state index in [-0.39, 0.29) is 49.2 Å². The van der Waals surface area contributed by atoms with E-state index in [1.165, 1.54) is 0 Å². The number of benzene rings is 4. The maximum atomic E-state index is 12.3. The van der Waals surface area contributed by atoms with Gasteiger partial charge in [-0.15, -0.1) is 0 Å². The molecule has 2 aliphatic rings. The number of ether oxygens (including phenoxy) is 6. The SMILES string of the molecule is CC(C)(C)OC(=O)C[C@H]1C[C@@H](COP(c2ccccc2)c2ccccc2)OC(C)(C)O1.CC(C)(C)OC(=O)C[C@H]1C[C@@H](COP(c2ccccc2)c2ccccc2)OC(C)(C)O1. The molecule has 0 saturated carbocycles. The summed E-state index contributed by atoms with van der Waals surface area (Å²) in [6, 6.07) is 41.0. The number of hydrogen-bond donors (Lipinski definition) is 0. The lowest BCUT2D eigenvalue weighted by Gasteiger charge is -2.41. The van der Waals surface area contributed by atoms with Crippen LogP contribution in [0.5, 0.6) is 0 Å². The van der Waals surface area contributed by atoms with E-state index in [9.17, 15) is 9.59 Å². The first-order chi connectivity index (χ1) is 29.2. The lowest BCUT2D eigenvalue weighted by molar-refractivity contribution is -0.303. The summed E-state index contributed by atoms with van der Waals surface area (Å²) in [5, 5.41) is 4.61. The lowest BCUT2D eigenvalue weighted by Crippen LogP contribution is -2.47. The Morgan fingerprint density at radius 2 is 0.742 bits per heavy atom. The van der Waals surface area contributed by atoms with Gasteiger partial charge in [-0.1, -0.05) is 121 Å². The van der Waals surface area contributed by atoms with Crippen LogP contribution in [0.25, 0.3) is 0 Å². The van der Waals surface area contributed by atoms with Crippen molar-refractivity contribution in [1.29, 1.82) is 0 Å². The minimum atomic E-state index is -0.969. The van der Waals surface area contributed by atoms with Gasteiger partial charge in [-0.25, -0.2) is 0 Å². The zero-order chi connectivity index (χ0) is 45.0. The van der Waals surface area contributed by atoms with Crippen LogP contribution in [0, 0.1) is 0 Å². The van der Waals surface area contributed by atoms with Gasteiger partial charge >= 0.3 is 11.9 Å². The second kappa shape index (κ2) is 22.4. The first-order valence-electron chi connectivity index (χ1n) is 21.4. The van der Waals surface area contributed by atoms with Crippen molar-refractivity contribution in [2.24, 2.45) is 0 Å². The minimum absolute atomic E-state index is 0.173. The van der Waals surface area contributed by atoms with Crippen molar-refractivity contribution in [3.63, 3.8) is 0 Å². The largest absolute Gasteiger partial charge is 0.460 e. The first-order valence-corrected chi connectivity index (χ1v) is 24.0. The Morgan fingerprint density at radius 3 is 1.00 bits per heavy atom. The molecule has 4 atom stereocenters. The molecule has 0 radical (unpaired) electrons. The van der Waals surface area contributed by atoms with E-state index in [1.807, 2.05) is 142 Å². The van der Waals surface area contributed by atoms with E-state index in [4.69, 9.17) is 37.5 Å². The summed E-state index contributed by atoms with van der Waals surface area (Å²) in [4.78, 5) is 24.6. The molecule has 2 aliphatic heterocycles. The molecule has 0 bridgehead atoms. The number of carbonyl (C=O) groups excluding carboxylic acids is 2. The van der Waals surface area contributed by atoms with E-state index in [0.29, 0.717) is 26.1 Å². The highest BCUT2D eigenvalue weighted by atomic mass is 31.1. The van der Waals surface area contributed by atoms with Gasteiger partial charge in [0, 0.05) is 34.1 Å². The summed E-state index contributed by atoms with van der Waals surface area (Å²) < 4.78 is 48.1. The maximum Gasteiger partial charge on any atom is 0.308 e. The molecular weight excluding hydrogens is 822 g/mol. The summed E-state index contributed by atoms with van der Waals surface area (Å²) in [7, 11) is -1.94. The van der Waals surface area contributed by atoms with Gasteiger partial charge in [0.25, 0.3) is 0 Å². The number of rotatable bonds is 14. The highest BCUT2D eigenvalue weighted by Crippen LogP contribution is 2.39. The zero-order valence-electron chi connectivity index (χ0n) is 38.1. The molecule has 6 rings (SSSR count).